The van der Waals surface area contributed by atoms with Crippen LogP contribution in [-0.4, -0.2) is 19.1 Å². The Bertz CT molecular complexity index is 1050. The molecule has 0 radical (unpaired) electrons. The van der Waals surface area contributed by atoms with Gasteiger partial charge in [-0.25, -0.2) is 9.97 Å². The summed E-state index contributed by atoms with van der Waals surface area (Å²) in [6.07, 6.45) is 3.76. The van der Waals surface area contributed by atoms with Crippen LogP contribution in [0.25, 0.3) is 22.4 Å². The summed E-state index contributed by atoms with van der Waals surface area (Å²) in [5, 5.41) is 1.42. The molecule has 6 heteroatoms. The van der Waals surface area contributed by atoms with E-state index in [1.165, 1.54) is 0 Å². The molecule has 0 bridgehead atoms. The maximum absolute atomic E-state index is 6.15. The van der Waals surface area contributed by atoms with Gasteiger partial charge in [-0.2, -0.15) is 0 Å². The van der Waals surface area contributed by atoms with Gasteiger partial charge < -0.3 is 9.13 Å². The van der Waals surface area contributed by atoms with Crippen molar-refractivity contribution in [2.75, 3.05) is 0 Å². The molecular weight excluding hydrogens is 355 g/mol. The highest BCUT2D eigenvalue weighted by Crippen LogP contribution is 2.24. The first-order valence-corrected chi connectivity index (χ1v) is 8.83. The highest BCUT2D eigenvalue weighted by Gasteiger charge is 2.13. The van der Waals surface area contributed by atoms with Gasteiger partial charge in [0.15, 0.2) is 0 Å². The molecule has 0 saturated heterocycles. The van der Waals surface area contributed by atoms with E-state index in [4.69, 9.17) is 28.2 Å². The lowest BCUT2D eigenvalue weighted by molar-refractivity contribution is 0.667. The summed E-state index contributed by atoms with van der Waals surface area (Å²) in [5.41, 5.74) is 2.99. The zero-order chi connectivity index (χ0) is 17.4. The minimum atomic E-state index is 0.627. The largest absolute Gasteiger partial charge is 0.327 e. The number of halogens is 2. The van der Waals surface area contributed by atoms with E-state index in [9.17, 15) is 0 Å². The summed E-state index contributed by atoms with van der Waals surface area (Å²) in [7, 11) is 0. The molecule has 126 valence electrons. The number of nitrogens with zero attached hydrogens (tertiary/aromatic N) is 4. The summed E-state index contributed by atoms with van der Waals surface area (Å²) in [4.78, 5) is 9.27. The number of benzene rings is 2. The zero-order valence-corrected chi connectivity index (χ0v) is 15.2. The average molecular weight is 371 g/mol. The third-order valence-electron chi connectivity index (χ3n) is 4.22. The summed E-state index contributed by atoms with van der Waals surface area (Å²) >= 11 is 12.3. The maximum atomic E-state index is 6.15. The van der Waals surface area contributed by atoms with Crippen molar-refractivity contribution in [3.8, 4) is 11.4 Å². The van der Waals surface area contributed by atoms with Crippen LogP contribution in [0.3, 0.4) is 0 Å². The molecule has 0 spiro atoms. The van der Waals surface area contributed by atoms with Crippen molar-refractivity contribution in [3.63, 3.8) is 0 Å². The molecule has 0 aliphatic carbocycles. The van der Waals surface area contributed by atoms with E-state index in [1.807, 2.05) is 48.7 Å². The molecule has 2 aromatic heterocycles. The summed E-state index contributed by atoms with van der Waals surface area (Å²) in [6, 6.07) is 13.5. The normalized spacial score (nSPS) is 11.3. The lowest BCUT2D eigenvalue weighted by Gasteiger charge is -2.10. The lowest BCUT2D eigenvalue weighted by atomic mass is 10.2. The van der Waals surface area contributed by atoms with Gasteiger partial charge in [0.2, 0.25) is 0 Å². The van der Waals surface area contributed by atoms with Gasteiger partial charge in [-0.05, 0) is 37.3 Å². The molecule has 0 N–H and O–H groups in total. The maximum Gasteiger partial charge on any atom is 0.140 e. The Labute approximate surface area is 155 Å². The van der Waals surface area contributed by atoms with Crippen LogP contribution in [0.1, 0.15) is 12.7 Å². The molecule has 0 atom stereocenters. The average Bonchev–Trinajstić information content (AvgIpc) is 3.19. The third kappa shape index (κ3) is 3.03. The van der Waals surface area contributed by atoms with E-state index < -0.39 is 0 Å². The molecule has 0 unspecified atom stereocenters. The third-order valence-corrected chi connectivity index (χ3v) is 4.69. The molecule has 4 nitrogen and oxygen atoms in total. The lowest BCUT2D eigenvalue weighted by Crippen LogP contribution is -2.08. The zero-order valence-electron chi connectivity index (χ0n) is 13.7. The Balaban J connectivity index is 1.77. The van der Waals surface area contributed by atoms with Gasteiger partial charge in [0.25, 0.3) is 0 Å². The number of imidazole rings is 2. The van der Waals surface area contributed by atoms with Crippen LogP contribution in [-0.2, 0) is 13.1 Å². The van der Waals surface area contributed by atoms with Crippen LogP contribution in [0.2, 0.25) is 10.0 Å². The Morgan fingerprint density at radius 2 is 1.88 bits per heavy atom. The number of rotatable bonds is 4. The van der Waals surface area contributed by atoms with Crippen molar-refractivity contribution in [2.24, 2.45) is 0 Å². The Morgan fingerprint density at radius 1 is 1.04 bits per heavy atom. The fourth-order valence-electron chi connectivity index (χ4n) is 3.10. The first-order valence-electron chi connectivity index (χ1n) is 8.07. The molecule has 2 heterocycles. The Kier molecular flexibility index (Phi) is 4.24. The summed E-state index contributed by atoms with van der Waals surface area (Å²) < 4.78 is 4.27. The van der Waals surface area contributed by atoms with Crippen LogP contribution >= 0.6 is 23.2 Å². The van der Waals surface area contributed by atoms with Crippen LogP contribution in [0.5, 0.6) is 0 Å². The molecule has 25 heavy (non-hydrogen) atoms. The quantitative estimate of drug-likeness (QED) is 0.490. The van der Waals surface area contributed by atoms with Gasteiger partial charge >= 0.3 is 0 Å². The number of hydrogen-bond donors (Lipinski definition) is 0. The fourth-order valence-corrected chi connectivity index (χ4v) is 3.45. The van der Waals surface area contributed by atoms with Crippen molar-refractivity contribution in [1.29, 1.82) is 0 Å². The van der Waals surface area contributed by atoms with Gasteiger partial charge in [-0.15, -0.1) is 0 Å². The Morgan fingerprint density at radius 3 is 2.68 bits per heavy atom. The minimum absolute atomic E-state index is 0.627. The predicted molar refractivity (Wildman–Crippen MR) is 102 cm³/mol. The molecule has 0 aliphatic heterocycles. The first kappa shape index (κ1) is 16.2. The number of aromatic nitrogens is 4. The Hall–Kier alpha value is -2.30. The van der Waals surface area contributed by atoms with E-state index in [0.717, 1.165) is 39.8 Å². The molecule has 0 saturated carbocycles. The van der Waals surface area contributed by atoms with Gasteiger partial charge in [0, 0.05) is 34.5 Å². The summed E-state index contributed by atoms with van der Waals surface area (Å²) in [6.45, 7) is 3.56. The van der Waals surface area contributed by atoms with Gasteiger partial charge in [-0.3, -0.25) is 0 Å². The second kappa shape index (κ2) is 6.54. The highest BCUT2D eigenvalue weighted by atomic mass is 35.5. The monoisotopic (exact) mass is 370 g/mol. The second-order valence-corrected chi connectivity index (χ2v) is 6.67. The standard InChI is InChI=1S/C19H16Cl2N4/c1-2-25-17-11-15(21)6-7-16(17)23-18(25)12-24-9-8-22-19(24)13-4-3-5-14(20)10-13/h3-11H,2,12H2,1H3. The molecular formula is C19H16Cl2N4. The number of hydrogen-bond acceptors (Lipinski definition) is 2. The SMILES string of the molecule is CCn1c(Cn2ccnc2-c2cccc(Cl)c2)nc2ccc(Cl)cc21. The van der Waals surface area contributed by atoms with E-state index in [-0.39, 0.29) is 0 Å². The van der Waals surface area contributed by atoms with Crippen molar-refractivity contribution >= 4 is 34.2 Å². The van der Waals surface area contributed by atoms with Gasteiger partial charge in [0.1, 0.15) is 11.6 Å². The number of fused-ring (bicyclic) bond motifs is 1. The molecule has 0 aliphatic rings. The van der Waals surface area contributed by atoms with Crippen LogP contribution < -0.4 is 0 Å². The van der Waals surface area contributed by atoms with Gasteiger partial charge in [-0.1, -0.05) is 35.3 Å². The van der Waals surface area contributed by atoms with E-state index >= 15 is 0 Å². The van der Waals surface area contributed by atoms with Crippen LogP contribution in [0.15, 0.2) is 54.9 Å². The first-order chi connectivity index (χ1) is 12.2. The van der Waals surface area contributed by atoms with E-state index in [0.29, 0.717) is 11.6 Å². The molecule has 0 amide bonds. The topological polar surface area (TPSA) is 35.6 Å². The summed E-state index contributed by atoms with van der Waals surface area (Å²) in [5.74, 6) is 1.84. The predicted octanol–water partition coefficient (Wildman–Crippen LogP) is 5.27. The van der Waals surface area contributed by atoms with E-state index in [2.05, 4.69) is 21.0 Å². The minimum Gasteiger partial charge on any atom is -0.327 e. The second-order valence-electron chi connectivity index (χ2n) is 5.79. The van der Waals surface area contributed by atoms with Crippen molar-refractivity contribution in [3.05, 3.63) is 70.7 Å². The molecule has 4 aromatic rings. The van der Waals surface area contributed by atoms with Crippen molar-refractivity contribution in [2.45, 2.75) is 20.0 Å². The molecule has 0 fully saturated rings. The highest BCUT2D eigenvalue weighted by molar-refractivity contribution is 6.31. The number of aryl methyl sites for hydroxylation is 1. The van der Waals surface area contributed by atoms with Crippen molar-refractivity contribution in [1.82, 2.24) is 19.1 Å². The van der Waals surface area contributed by atoms with Crippen molar-refractivity contribution < 1.29 is 0 Å². The van der Waals surface area contributed by atoms with Crippen LogP contribution in [0, 0.1) is 0 Å². The fraction of sp³-hybridized carbons (Fsp3) is 0.158. The van der Waals surface area contributed by atoms with E-state index in [1.54, 1.807) is 6.20 Å². The van der Waals surface area contributed by atoms with Gasteiger partial charge in [0.05, 0.1) is 17.6 Å². The smallest absolute Gasteiger partial charge is 0.140 e. The van der Waals surface area contributed by atoms with Crippen LogP contribution in [0.4, 0.5) is 0 Å². The molecule has 2 aromatic carbocycles. The molecule has 4 rings (SSSR count).